The minimum Gasteiger partial charge on any atom is -0.491 e. The van der Waals surface area contributed by atoms with Crippen LogP contribution in [0.2, 0.25) is 0 Å². The first-order valence-electron chi connectivity index (χ1n) is 9.70. The number of benzene rings is 1. The van der Waals surface area contributed by atoms with Crippen LogP contribution >= 0.6 is 0 Å². The van der Waals surface area contributed by atoms with Crippen molar-refractivity contribution in [1.29, 1.82) is 0 Å². The van der Waals surface area contributed by atoms with E-state index in [2.05, 4.69) is 13.8 Å². The third-order valence-electron chi connectivity index (χ3n) is 4.84. The highest BCUT2D eigenvalue weighted by Gasteiger charge is 2.26. The van der Waals surface area contributed by atoms with Gasteiger partial charge in [0.2, 0.25) is 5.91 Å². The lowest BCUT2D eigenvalue weighted by Gasteiger charge is -2.34. The molecule has 2 amide bonds. The minimum atomic E-state index is -0.0110. The molecule has 1 heterocycles. The highest BCUT2D eigenvalue weighted by molar-refractivity contribution is 5.96. The molecular formula is C21H32N2O3. The molecule has 144 valence electrons. The fourth-order valence-corrected chi connectivity index (χ4v) is 3.44. The van der Waals surface area contributed by atoms with Crippen molar-refractivity contribution in [2.75, 3.05) is 26.7 Å². The number of nitrogens with zero attached hydrogens (tertiary/aromatic N) is 2. The Morgan fingerprint density at radius 3 is 2.62 bits per heavy atom. The van der Waals surface area contributed by atoms with Crippen LogP contribution in [0.25, 0.3) is 0 Å². The first-order chi connectivity index (χ1) is 12.4. The van der Waals surface area contributed by atoms with E-state index in [0.29, 0.717) is 36.8 Å². The number of hydrogen-bond acceptors (Lipinski definition) is 3. The summed E-state index contributed by atoms with van der Waals surface area (Å²) in [6, 6.07) is 7.42. The van der Waals surface area contributed by atoms with Crippen molar-refractivity contribution < 1.29 is 14.3 Å². The quantitative estimate of drug-likeness (QED) is 0.828. The highest BCUT2D eigenvalue weighted by atomic mass is 16.5. The Kier molecular flexibility index (Phi) is 7.49. The van der Waals surface area contributed by atoms with Gasteiger partial charge in [0.15, 0.2) is 0 Å². The van der Waals surface area contributed by atoms with E-state index in [1.165, 1.54) is 0 Å². The van der Waals surface area contributed by atoms with Crippen LogP contribution < -0.4 is 4.74 Å². The molecule has 2 rings (SSSR count). The summed E-state index contributed by atoms with van der Waals surface area (Å²) in [6.45, 7) is 8.05. The second kappa shape index (κ2) is 9.60. The number of para-hydroxylation sites is 1. The normalized spacial score (nSPS) is 19.4. The van der Waals surface area contributed by atoms with E-state index in [9.17, 15) is 9.59 Å². The third kappa shape index (κ3) is 5.23. The van der Waals surface area contributed by atoms with Gasteiger partial charge in [-0.25, -0.2) is 0 Å². The predicted molar refractivity (Wildman–Crippen MR) is 103 cm³/mol. The van der Waals surface area contributed by atoms with Crippen LogP contribution in [-0.2, 0) is 4.79 Å². The van der Waals surface area contributed by atoms with Crippen molar-refractivity contribution in [3.05, 3.63) is 29.8 Å². The van der Waals surface area contributed by atoms with Crippen LogP contribution in [0.1, 0.15) is 56.8 Å². The van der Waals surface area contributed by atoms with Crippen LogP contribution in [0.3, 0.4) is 0 Å². The predicted octanol–water partition coefficient (Wildman–Crippen LogP) is 3.58. The van der Waals surface area contributed by atoms with Crippen LogP contribution in [0.5, 0.6) is 5.75 Å². The van der Waals surface area contributed by atoms with E-state index in [1.807, 2.05) is 43.1 Å². The summed E-state index contributed by atoms with van der Waals surface area (Å²) in [7, 11) is 1.82. The fraction of sp³-hybridized carbons (Fsp3) is 0.619. The van der Waals surface area contributed by atoms with Gasteiger partial charge in [-0.15, -0.1) is 0 Å². The molecule has 1 aliphatic rings. The lowest BCUT2D eigenvalue weighted by Crippen LogP contribution is -2.45. The summed E-state index contributed by atoms with van der Waals surface area (Å²) in [5.74, 6) is 1.23. The fourth-order valence-electron chi connectivity index (χ4n) is 3.44. The maximum Gasteiger partial charge on any atom is 0.257 e. The Morgan fingerprint density at radius 2 is 1.92 bits per heavy atom. The second-order valence-corrected chi connectivity index (χ2v) is 7.47. The smallest absolute Gasteiger partial charge is 0.257 e. The van der Waals surface area contributed by atoms with Gasteiger partial charge < -0.3 is 14.5 Å². The first kappa shape index (κ1) is 20.3. The minimum absolute atomic E-state index is 0.0110. The van der Waals surface area contributed by atoms with Crippen LogP contribution in [0.15, 0.2) is 24.3 Å². The maximum absolute atomic E-state index is 12.7. The van der Waals surface area contributed by atoms with Crippen molar-refractivity contribution in [3.63, 3.8) is 0 Å². The van der Waals surface area contributed by atoms with E-state index in [1.54, 1.807) is 4.90 Å². The van der Waals surface area contributed by atoms with Gasteiger partial charge in [-0.2, -0.15) is 0 Å². The summed E-state index contributed by atoms with van der Waals surface area (Å²) < 4.78 is 6.08. The Bertz CT molecular complexity index is 615. The third-order valence-corrected chi connectivity index (χ3v) is 4.84. The molecule has 0 N–H and O–H groups in total. The molecule has 5 nitrogen and oxygen atoms in total. The molecule has 0 fully saturated rings. The Morgan fingerprint density at radius 1 is 1.23 bits per heavy atom. The van der Waals surface area contributed by atoms with Gasteiger partial charge in [-0.1, -0.05) is 32.9 Å². The summed E-state index contributed by atoms with van der Waals surface area (Å²) in [5, 5.41) is 0. The summed E-state index contributed by atoms with van der Waals surface area (Å²) in [6.07, 6.45) is 3.16. The molecule has 0 bridgehead atoms. The second-order valence-electron chi connectivity index (χ2n) is 7.47. The van der Waals surface area contributed by atoms with Crippen LogP contribution in [0, 0.1) is 5.92 Å². The number of carbonyl (C=O) groups is 2. The average Bonchev–Trinajstić information content (AvgIpc) is 2.63. The van der Waals surface area contributed by atoms with E-state index in [4.69, 9.17) is 4.74 Å². The van der Waals surface area contributed by atoms with Gasteiger partial charge in [0.05, 0.1) is 11.6 Å². The van der Waals surface area contributed by atoms with Gasteiger partial charge in [0.1, 0.15) is 12.4 Å². The molecule has 26 heavy (non-hydrogen) atoms. The maximum atomic E-state index is 12.7. The van der Waals surface area contributed by atoms with Crippen molar-refractivity contribution in [2.24, 2.45) is 5.92 Å². The zero-order valence-electron chi connectivity index (χ0n) is 16.5. The molecule has 0 saturated carbocycles. The van der Waals surface area contributed by atoms with Gasteiger partial charge >= 0.3 is 0 Å². The molecule has 0 aromatic heterocycles. The number of ether oxygens (including phenoxy) is 1. The average molecular weight is 360 g/mol. The van der Waals surface area contributed by atoms with E-state index in [0.717, 1.165) is 25.8 Å². The highest BCUT2D eigenvalue weighted by Crippen LogP contribution is 2.23. The number of hydrogen-bond donors (Lipinski definition) is 0. The molecule has 1 aromatic carbocycles. The molecule has 1 aliphatic heterocycles. The SMILES string of the molecule is CCC(=O)N1CCCCN(C)C(=O)c2ccccc2OC[C@@H]1CC(C)C. The zero-order valence-corrected chi connectivity index (χ0v) is 16.5. The van der Waals surface area contributed by atoms with Crippen molar-refractivity contribution in [3.8, 4) is 5.75 Å². The molecule has 0 aliphatic carbocycles. The van der Waals surface area contributed by atoms with E-state index >= 15 is 0 Å². The Hall–Kier alpha value is -2.04. The molecule has 1 atom stereocenters. The number of amides is 2. The Balaban J connectivity index is 2.32. The molecule has 0 saturated heterocycles. The first-order valence-corrected chi connectivity index (χ1v) is 9.70. The van der Waals surface area contributed by atoms with E-state index < -0.39 is 0 Å². The molecule has 0 spiro atoms. The van der Waals surface area contributed by atoms with Crippen molar-refractivity contribution >= 4 is 11.8 Å². The Labute approximate surface area is 157 Å². The van der Waals surface area contributed by atoms with Crippen molar-refractivity contribution in [1.82, 2.24) is 9.80 Å². The van der Waals surface area contributed by atoms with Crippen LogP contribution in [-0.4, -0.2) is 54.4 Å². The molecule has 1 aromatic rings. The number of rotatable bonds is 3. The molecule has 5 heteroatoms. The molecule has 0 radical (unpaired) electrons. The standard InChI is InChI=1S/C21H32N2O3/c1-5-20(24)23-13-9-8-12-22(4)21(25)18-10-6-7-11-19(18)26-15-17(23)14-16(2)3/h6-7,10-11,16-17H,5,8-9,12-15H2,1-4H3/t17-/m0/s1. The van der Waals surface area contributed by atoms with E-state index in [-0.39, 0.29) is 17.9 Å². The molecular weight excluding hydrogens is 328 g/mol. The zero-order chi connectivity index (χ0) is 19.1. The lowest BCUT2D eigenvalue weighted by molar-refractivity contribution is -0.134. The summed E-state index contributed by atoms with van der Waals surface area (Å²) in [4.78, 5) is 29.0. The summed E-state index contributed by atoms with van der Waals surface area (Å²) in [5.41, 5.74) is 0.590. The van der Waals surface area contributed by atoms with Gasteiger partial charge in [-0.3, -0.25) is 9.59 Å². The lowest BCUT2D eigenvalue weighted by atomic mass is 10.0. The van der Waals surface area contributed by atoms with Crippen LogP contribution in [0.4, 0.5) is 0 Å². The number of fused-ring (bicyclic) bond motifs is 1. The van der Waals surface area contributed by atoms with Crippen molar-refractivity contribution in [2.45, 2.75) is 52.5 Å². The monoisotopic (exact) mass is 360 g/mol. The molecule has 0 unspecified atom stereocenters. The van der Waals surface area contributed by atoms with Gasteiger partial charge in [-0.05, 0) is 37.3 Å². The van der Waals surface area contributed by atoms with Gasteiger partial charge in [0.25, 0.3) is 5.91 Å². The topological polar surface area (TPSA) is 49.9 Å². The van der Waals surface area contributed by atoms with Gasteiger partial charge in [0, 0.05) is 26.6 Å². The number of carbonyl (C=O) groups excluding carboxylic acids is 2. The largest absolute Gasteiger partial charge is 0.491 e. The summed E-state index contributed by atoms with van der Waals surface area (Å²) >= 11 is 0.